The number of aromatic carboxylic acids is 1. The Kier molecular flexibility index (Phi) is 4.40. The normalized spacial score (nSPS) is 17.4. The number of hydrogen-bond acceptors (Lipinski definition) is 7. The van der Waals surface area contributed by atoms with E-state index >= 15 is 0 Å². The maximum atomic E-state index is 12.6. The van der Waals surface area contributed by atoms with Gasteiger partial charge in [-0.05, 0) is 35.7 Å². The summed E-state index contributed by atoms with van der Waals surface area (Å²) in [4.78, 5) is 28.1. The molecular weight excluding hydrogens is 363 g/mol. The zero-order valence-corrected chi connectivity index (χ0v) is 14.7. The van der Waals surface area contributed by atoms with Crippen LogP contribution in [0.5, 0.6) is 5.75 Å². The van der Waals surface area contributed by atoms with Crippen molar-refractivity contribution in [3.05, 3.63) is 58.7 Å². The van der Waals surface area contributed by atoms with Gasteiger partial charge in [0.25, 0.3) is 5.91 Å². The van der Waals surface area contributed by atoms with Gasteiger partial charge >= 0.3 is 13.1 Å². The van der Waals surface area contributed by atoms with E-state index < -0.39 is 24.9 Å². The minimum absolute atomic E-state index is 0.0277. The number of hydrogen-bond donors (Lipinski definition) is 5. The molecule has 2 heterocycles. The first-order valence-electron chi connectivity index (χ1n) is 8.64. The number of nitrogens with zero attached hydrogens (tertiary/aromatic N) is 1. The van der Waals surface area contributed by atoms with Crippen molar-refractivity contribution in [3.8, 4) is 5.75 Å². The molecule has 0 spiro atoms. The number of carbonyl (C=O) groups is 2. The fourth-order valence-corrected chi connectivity index (χ4v) is 3.28. The number of fused-ring (bicyclic) bond motifs is 2. The van der Waals surface area contributed by atoms with Gasteiger partial charge in [0.05, 0.1) is 17.2 Å². The lowest BCUT2D eigenvalue weighted by atomic mass is 9.72. The molecule has 10 heteroatoms. The van der Waals surface area contributed by atoms with Gasteiger partial charge in [-0.25, -0.2) is 9.79 Å². The number of amides is 1. The number of benzene rings is 2. The van der Waals surface area contributed by atoms with Crippen molar-refractivity contribution in [2.24, 2.45) is 10.7 Å². The molecule has 0 aromatic heterocycles. The van der Waals surface area contributed by atoms with E-state index in [4.69, 9.17) is 10.4 Å². The number of carboxylic acids is 1. The molecule has 0 saturated heterocycles. The molecule has 2 aromatic carbocycles. The number of carbonyl (C=O) groups excluding carboxylic acids is 1. The second-order valence-electron chi connectivity index (χ2n) is 6.59. The topological polar surface area (TPSA) is 146 Å². The van der Waals surface area contributed by atoms with Crippen molar-refractivity contribution < 1.29 is 24.4 Å². The Morgan fingerprint density at radius 3 is 2.89 bits per heavy atom. The van der Waals surface area contributed by atoms with Crippen LogP contribution in [0.25, 0.3) is 0 Å². The quantitative estimate of drug-likeness (QED) is 0.478. The van der Waals surface area contributed by atoms with E-state index in [9.17, 15) is 19.7 Å². The fourth-order valence-electron chi connectivity index (χ4n) is 3.28. The Bertz CT molecular complexity index is 1010. The predicted molar refractivity (Wildman–Crippen MR) is 102 cm³/mol. The highest BCUT2D eigenvalue weighted by atomic mass is 16.5. The Morgan fingerprint density at radius 1 is 1.29 bits per heavy atom. The average molecular weight is 380 g/mol. The number of guanidine groups is 1. The molecule has 0 saturated carbocycles. The van der Waals surface area contributed by atoms with E-state index in [2.05, 4.69) is 15.6 Å². The van der Waals surface area contributed by atoms with Crippen LogP contribution in [0, 0.1) is 0 Å². The van der Waals surface area contributed by atoms with Crippen molar-refractivity contribution in [2.75, 3.05) is 0 Å². The van der Waals surface area contributed by atoms with Crippen LogP contribution in [-0.4, -0.2) is 41.0 Å². The number of aliphatic imine (C=N–C) groups is 1. The summed E-state index contributed by atoms with van der Waals surface area (Å²) in [5, 5.41) is 25.2. The van der Waals surface area contributed by atoms with Crippen LogP contribution in [0.3, 0.4) is 0 Å². The Morgan fingerprint density at radius 2 is 2.11 bits per heavy atom. The molecule has 2 aliphatic rings. The molecule has 0 fully saturated rings. The van der Waals surface area contributed by atoms with Gasteiger partial charge in [0.2, 0.25) is 0 Å². The first kappa shape index (κ1) is 17.9. The largest absolute Gasteiger partial charge is 0.547 e. The monoisotopic (exact) mass is 380 g/mol. The minimum atomic E-state index is -1.37. The van der Waals surface area contributed by atoms with Gasteiger partial charge in [0, 0.05) is 12.1 Å². The third kappa shape index (κ3) is 3.25. The molecule has 4 rings (SSSR count). The average Bonchev–Trinajstić information content (AvgIpc) is 2.67. The highest BCUT2D eigenvalue weighted by molar-refractivity contribution is 6.47. The van der Waals surface area contributed by atoms with Crippen LogP contribution < -0.4 is 21.0 Å². The van der Waals surface area contributed by atoms with Gasteiger partial charge in [-0.15, -0.1) is 0 Å². The highest BCUT2D eigenvalue weighted by Crippen LogP contribution is 2.30. The molecule has 0 aliphatic carbocycles. The summed E-state index contributed by atoms with van der Waals surface area (Å²) in [5.74, 6) is -1.86. The second kappa shape index (κ2) is 6.89. The smallest absolute Gasteiger partial charge is 0.534 e. The van der Waals surface area contributed by atoms with E-state index in [0.29, 0.717) is 23.4 Å². The van der Waals surface area contributed by atoms with Crippen molar-refractivity contribution in [2.45, 2.75) is 18.9 Å². The summed E-state index contributed by atoms with van der Waals surface area (Å²) >= 11 is 0. The second-order valence-corrected chi connectivity index (χ2v) is 6.59. The summed E-state index contributed by atoms with van der Waals surface area (Å²) in [6, 6.07) is 9.79. The maximum Gasteiger partial charge on any atom is 0.547 e. The Hall–Kier alpha value is -3.53. The molecular formula is C18H17BN4O5. The minimum Gasteiger partial charge on any atom is -0.534 e. The zero-order valence-electron chi connectivity index (χ0n) is 14.7. The van der Waals surface area contributed by atoms with Crippen molar-refractivity contribution in [1.82, 2.24) is 10.6 Å². The molecule has 1 amide bonds. The molecule has 0 bridgehead atoms. The van der Waals surface area contributed by atoms with Gasteiger partial charge in [-0.1, -0.05) is 18.2 Å². The van der Waals surface area contributed by atoms with Crippen LogP contribution in [0.1, 0.15) is 31.8 Å². The zero-order chi connectivity index (χ0) is 19.8. The standard InChI is InChI=1S/C18H17BN4O5/c20-18-21-8-11-5-4-10(6-13(11)22-18)16(24)23-14-7-9-2-1-3-12(17(25)26)15(9)28-19(14)27/h1-6,14,27H,7-8H2,(H,23,24)(H,25,26)(H3,20,21,22). The van der Waals surface area contributed by atoms with Gasteiger partial charge in [-0.2, -0.15) is 0 Å². The molecule has 142 valence electrons. The van der Waals surface area contributed by atoms with E-state index in [0.717, 1.165) is 5.56 Å². The molecule has 6 N–H and O–H groups in total. The lowest BCUT2D eigenvalue weighted by Gasteiger charge is -2.29. The van der Waals surface area contributed by atoms with E-state index in [-0.39, 0.29) is 23.7 Å². The van der Waals surface area contributed by atoms with Crippen LogP contribution in [0.15, 0.2) is 41.4 Å². The SMILES string of the molecule is NC1=Nc2cc(C(=O)NC3Cc4cccc(C(=O)O)c4OB3O)ccc2CN1. The Balaban J connectivity index is 1.54. The fraction of sp³-hybridized carbons (Fsp3) is 0.167. The molecule has 2 aromatic rings. The third-order valence-corrected chi connectivity index (χ3v) is 4.71. The van der Waals surface area contributed by atoms with Crippen molar-refractivity contribution >= 4 is 30.6 Å². The third-order valence-electron chi connectivity index (χ3n) is 4.71. The van der Waals surface area contributed by atoms with Crippen LogP contribution >= 0.6 is 0 Å². The summed E-state index contributed by atoms with van der Waals surface area (Å²) in [5.41, 5.74) is 8.14. The number of carboxylic acid groups (broad SMARTS) is 1. The highest BCUT2D eigenvalue weighted by Gasteiger charge is 2.37. The van der Waals surface area contributed by atoms with E-state index in [1.54, 1.807) is 30.3 Å². The maximum absolute atomic E-state index is 12.6. The summed E-state index contributed by atoms with van der Waals surface area (Å²) in [7, 11) is -1.37. The van der Waals surface area contributed by atoms with Crippen LogP contribution in [0.4, 0.5) is 5.69 Å². The van der Waals surface area contributed by atoms with Gasteiger partial charge in [0.1, 0.15) is 5.75 Å². The van der Waals surface area contributed by atoms with Crippen molar-refractivity contribution in [1.29, 1.82) is 0 Å². The number of nitrogens with two attached hydrogens (primary N) is 1. The predicted octanol–water partition coefficient (Wildman–Crippen LogP) is 0.187. The molecule has 9 nitrogen and oxygen atoms in total. The van der Waals surface area contributed by atoms with Crippen LogP contribution in [0.2, 0.25) is 0 Å². The number of nitrogens with one attached hydrogen (secondary N) is 2. The summed E-state index contributed by atoms with van der Waals surface area (Å²) in [6.07, 6.45) is 0.239. The van der Waals surface area contributed by atoms with Crippen LogP contribution in [-0.2, 0) is 13.0 Å². The summed E-state index contributed by atoms with van der Waals surface area (Å²) in [6.45, 7) is 0.532. The van der Waals surface area contributed by atoms with E-state index in [1.807, 2.05) is 0 Å². The molecule has 1 unspecified atom stereocenters. The molecule has 2 aliphatic heterocycles. The van der Waals surface area contributed by atoms with Gasteiger partial charge in [0.15, 0.2) is 5.96 Å². The van der Waals surface area contributed by atoms with Gasteiger partial charge in [-0.3, -0.25) is 4.79 Å². The first-order chi connectivity index (χ1) is 13.4. The van der Waals surface area contributed by atoms with E-state index in [1.165, 1.54) is 6.07 Å². The van der Waals surface area contributed by atoms with Crippen molar-refractivity contribution in [3.63, 3.8) is 0 Å². The summed E-state index contributed by atoms with van der Waals surface area (Å²) < 4.78 is 5.39. The lowest BCUT2D eigenvalue weighted by molar-refractivity contribution is 0.0693. The molecule has 28 heavy (non-hydrogen) atoms. The number of para-hydroxylation sites is 1. The molecule has 1 atom stereocenters. The first-order valence-corrected chi connectivity index (χ1v) is 8.64. The molecule has 0 radical (unpaired) electrons. The van der Waals surface area contributed by atoms with Gasteiger partial charge < -0.3 is 31.2 Å². The Labute approximate surface area is 160 Å². The number of rotatable bonds is 3. The lowest BCUT2D eigenvalue weighted by Crippen LogP contribution is -2.53.